The van der Waals surface area contributed by atoms with Gasteiger partial charge in [-0.05, 0) is 31.0 Å². The van der Waals surface area contributed by atoms with Crippen molar-refractivity contribution in [3.63, 3.8) is 0 Å². The highest BCUT2D eigenvalue weighted by molar-refractivity contribution is 5.95. The molecule has 0 aliphatic heterocycles. The number of nitrogens with zero attached hydrogens (tertiary/aromatic N) is 1. The Kier molecular flexibility index (Phi) is 8.57. The second-order valence-electron chi connectivity index (χ2n) is 5.96. The van der Waals surface area contributed by atoms with Gasteiger partial charge < -0.3 is 25.3 Å². The molecule has 0 spiro atoms. The number of imide groups is 1. The molecule has 0 bridgehead atoms. The molecule has 2 aromatic rings. The van der Waals surface area contributed by atoms with Crippen LogP contribution in [0, 0.1) is 0 Å². The number of benzene rings is 1. The third kappa shape index (κ3) is 6.74. The molecular weight excluding hydrogens is 392 g/mol. The molecule has 3 amide bonds. The average molecular weight is 416 g/mol. The molecule has 1 aromatic carbocycles. The molecule has 1 heterocycles. The number of ether oxygens (including phenoxy) is 3. The van der Waals surface area contributed by atoms with Crippen molar-refractivity contribution in [2.75, 3.05) is 26.8 Å². The van der Waals surface area contributed by atoms with Crippen molar-refractivity contribution in [3.8, 4) is 17.4 Å². The molecule has 30 heavy (non-hydrogen) atoms. The van der Waals surface area contributed by atoms with Gasteiger partial charge in [-0.15, -0.1) is 0 Å². The van der Waals surface area contributed by atoms with Crippen molar-refractivity contribution in [1.29, 1.82) is 0 Å². The number of amides is 3. The summed E-state index contributed by atoms with van der Waals surface area (Å²) >= 11 is 0. The molecule has 1 aromatic heterocycles. The van der Waals surface area contributed by atoms with Gasteiger partial charge in [0.1, 0.15) is 5.75 Å². The van der Waals surface area contributed by atoms with E-state index in [4.69, 9.17) is 19.9 Å². The summed E-state index contributed by atoms with van der Waals surface area (Å²) in [6, 6.07) is 8.96. The standard InChI is InChI=1S/C20H24N4O6/c1-3-29-16-10-14(12-23-19(16)30-20(27)24-17(25)11-21)18(26)22-9-8-13-4-6-15(28-2)7-5-13/h4-7,10,12H,3,8-9,11,21H2,1-2H3,(H,22,26)(H,24,25,27). The van der Waals surface area contributed by atoms with Crippen LogP contribution in [-0.2, 0) is 11.2 Å². The van der Waals surface area contributed by atoms with Gasteiger partial charge in [0.05, 0.1) is 25.8 Å². The zero-order chi connectivity index (χ0) is 21.9. The number of nitrogens with one attached hydrogen (secondary N) is 2. The van der Waals surface area contributed by atoms with Gasteiger partial charge in [-0.25, -0.2) is 9.78 Å². The van der Waals surface area contributed by atoms with Gasteiger partial charge in [0, 0.05) is 18.8 Å². The number of nitrogens with two attached hydrogens (primary N) is 1. The fourth-order valence-corrected chi connectivity index (χ4v) is 2.38. The fourth-order valence-electron chi connectivity index (χ4n) is 2.38. The number of carbonyl (C=O) groups is 3. The second kappa shape index (κ2) is 11.4. The van der Waals surface area contributed by atoms with Crippen LogP contribution in [0.5, 0.6) is 17.4 Å². The molecule has 2 rings (SSSR count). The SMILES string of the molecule is CCOc1cc(C(=O)NCCc2ccc(OC)cc2)cnc1OC(=O)NC(=O)CN. The first-order valence-electron chi connectivity index (χ1n) is 9.22. The molecule has 160 valence electrons. The van der Waals surface area contributed by atoms with Crippen LogP contribution in [0.2, 0.25) is 0 Å². The number of methoxy groups -OCH3 is 1. The molecule has 0 saturated heterocycles. The van der Waals surface area contributed by atoms with Crippen LogP contribution in [-0.4, -0.2) is 49.7 Å². The van der Waals surface area contributed by atoms with Crippen LogP contribution in [0.1, 0.15) is 22.8 Å². The third-order valence-electron chi connectivity index (χ3n) is 3.85. The Labute approximate surface area is 173 Å². The third-order valence-corrected chi connectivity index (χ3v) is 3.85. The smallest absolute Gasteiger partial charge is 0.420 e. The average Bonchev–Trinajstić information content (AvgIpc) is 2.75. The molecule has 10 heteroatoms. The molecule has 0 aliphatic carbocycles. The number of pyridine rings is 1. The Morgan fingerprint density at radius 2 is 1.90 bits per heavy atom. The number of hydrogen-bond acceptors (Lipinski definition) is 8. The summed E-state index contributed by atoms with van der Waals surface area (Å²) in [5, 5.41) is 4.72. The number of carbonyl (C=O) groups excluding carboxylic acids is 3. The topological polar surface area (TPSA) is 142 Å². The van der Waals surface area contributed by atoms with Gasteiger partial charge in [0.25, 0.3) is 11.8 Å². The first kappa shape index (κ1) is 22.6. The highest BCUT2D eigenvalue weighted by atomic mass is 16.6. The van der Waals surface area contributed by atoms with Crippen LogP contribution < -0.4 is 30.6 Å². The van der Waals surface area contributed by atoms with Crippen molar-refractivity contribution in [3.05, 3.63) is 47.7 Å². The highest BCUT2D eigenvalue weighted by Crippen LogP contribution is 2.25. The Morgan fingerprint density at radius 1 is 1.17 bits per heavy atom. The maximum atomic E-state index is 12.4. The van der Waals surface area contributed by atoms with Crippen molar-refractivity contribution in [2.45, 2.75) is 13.3 Å². The zero-order valence-electron chi connectivity index (χ0n) is 16.8. The van der Waals surface area contributed by atoms with E-state index in [1.54, 1.807) is 14.0 Å². The van der Waals surface area contributed by atoms with Crippen LogP contribution in [0.25, 0.3) is 0 Å². The van der Waals surface area contributed by atoms with Crippen molar-refractivity contribution >= 4 is 17.9 Å². The van der Waals surface area contributed by atoms with Crippen LogP contribution in [0.3, 0.4) is 0 Å². The van der Waals surface area contributed by atoms with Gasteiger partial charge in [-0.2, -0.15) is 0 Å². The maximum absolute atomic E-state index is 12.4. The van der Waals surface area contributed by atoms with E-state index >= 15 is 0 Å². The highest BCUT2D eigenvalue weighted by Gasteiger charge is 2.17. The summed E-state index contributed by atoms with van der Waals surface area (Å²) in [7, 11) is 1.60. The van der Waals surface area contributed by atoms with E-state index in [0.717, 1.165) is 11.3 Å². The van der Waals surface area contributed by atoms with E-state index in [1.807, 2.05) is 29.6 Å². The minimum absolute atomic E-state index is 0.0932. The Bertz CT molecular complexity index is 885. The Morgan fingerprint density at radius 3 is 2.53 bits per heavy atom. The maximum Gasteiger partial charge on any atom is 0.420 e. The summed E-state index contributed by atoms with van der Waals surface area (Å²) in [6.45, 7) is 2.03. The monoisotopic (exact) mass is 416 g/mol. The predicted octanol–water partition coefficient (Wildman–Crippen LogP) is 1.04. The second-order valence-corrected chi connectivity index (χ2v) is 5.96. The van der Waals surface area contributed by atoms with Gasteiger partial charge in [-0.1, -0.05) is 12.1 Å². The van der Waals surface area contributed by atoms with E-state index in [-0.39, 0.29) is 36.3 Å². The van der Waals surface area contributed by atoms with Crippen LogP contribution in [0.15, 0.2) is 36.5 Å². The van der Waals surface area contributed by atoms with E-state index in [2.05, 4.69) is 10.3 Å². The summed E-state index contributed by atoms with van der Waals surface area (Å²) in [5.74, 6) is -0.373. The summed E-state index contributed by atoms with van der Waals surface area (Å²) < 4.78 is 15.5. The van der Waals surface area contributed by atoms with E-state index in [9.17, 15) is 14.4 Å². The molecule has 0 radical (unpaired) electrons. The molecule has 10 nitrogen and oxygen atoms in total. The van der Waals surface area contributed by atoms with Crippen molar-refractivity contribution in [1.82, 2.24) is 15.6 Å². The number of rotatable bonds is 9. The summed E-state index contributed by atoms with van der Waals surface area (Å²) in [6.07, 6.45) is 0.840. The molecule has 0 aliphatic rings. The van der Waals surface area contributed by atoms with Gasteiger partial charge in [0.2, 0.25) is 5.91 Å². The van der Waals surface area contributed by atoms with Crippen molar-refractivity contribution in [2.24, 2.45) is 5.73 Å². The quantitative estimate of drug-likeness (QED) is 0.550. The van der Waals surface area contributed by atoms with Gasteiger partial charge >= 0.3 is 6.09 Å². The van der Waals surface area contributed by atoms with E-state index < -0.39 is 12.0 Å². The molecular formula is C20H24N4O6. The van der Waals surface area contributed by atoms with Crippen molar-refractivity contribution < 1.29 is 28.6 Å². The normalized spacial score (nSPS) is 10.1. The Hall–Kier alpha value is -3.66. The van der Waals surface area contributed by atoms with Gasteiger partial charge in [0.15, 0.2) is 5.75 Å². The van der Waals surface area contributed by atoms with E-state index in [1.165, 1.54) is 12.3 Å². The van der Waals surface area contributed by atoms with Crippen LogP contribution >= 0.6 is 0 Å². The lowest BCUT2D eigenvalue weighted by molar-refractivity contribution is -0.118. The molecule has 4 N–H and O–H groups in total. The minimum atomic E-state index is -1.05. The lowest BCUT2D eigenvalue weighted by Crippen LogP contribution is -2.37. The number of aromatic nitrogens is 1. The lowest BCUT2D eigenvalue weighted by Gasteiger charge is -2.11. The van der Waals surface area contributed by atoms with Gasteiger partial charge in [-0.3, -0.25) is 14.9 Å². The summed E-state index contributed by atoms with van der Waals surface area (Å²) in [4.78, 5) is 39.2. The zero-order valence-corrected chi connectivity index (χ0v) is 16.8. The molecule has 0 unspecified atom stereocenters. The lowest BCUT2D eigenvalue weighted by atomic mass is 10.1. The molecule has 0 fully saturated rings. The first-order chi connectivity index (χ1) is 14.5. The minimum Gasteiger partial charge on any atom is -0.497 e. The number of hydrogen-bond donors (Lipinski definition) is 3. The molecule has 0 saturated carbocycles. The Balaban J connectivity index is 1.98. The fraction of sp³-hybridized carbons (Fsp3) is 0.300. The predicted molar refractivity (Wildman–Crippen MR) is 108 cm³/mol. The summed E-state index contributed by atoms with van der Waals surface area (Å²) in [5.41, 5.74) is 6.41. The largest absolute Gasteiger partial charge is 0.497 e. The molecule has 0 atom stereocenters. The first-order valence-corrected chi connectivity index (χ1v) is 9.22. The van der Waals surface area contributed by atoms with E-state index in [0.29, 0.717) is 13.0 Å². The van der Waals surface area contributed by atoms with Crippen LogP contribution in [0.4, 0.5) is 4.79 Å².